The molecule has 0 amide bonds. The quantitative estimate of drug-likeness (QED) is 0.515. The van der Waals surface area contributed by atoms with Crippen molar-refractivity contribution in [3.8, 4) is 5.75 Å². The van der Waals surface area contributed by atoms with E-state index >= 15 is 0 Å². The van der Waals surface area contributed by atoms with Crippen LogP contribution in [0.4, 0.5) is 11.4 Å². The number of anilines is 1. The number of benzene rings is 1. The average Bonchev–Trinajstić information content (AvgIpc) is 2.36. The standard InChI is InChI=1S/C10H13N3O6S/c11-20(17,18)7-3-8(13(15)16)10-9(4-7)19-5-6(12-10)1-2-14/h3-4,6,12,14H,1-2,5H2,(H2,11,17,18)/t6-/m1/s1. The first-order valence-corrected chi connectivity index (χ1v) is 7.23. The number of nitrogens with two attached hydrogens (primary N) is 1. The Morgan fingerprint density at radius 1 is 1.55 bits per heavy atom. The first kappa shape index (κ1) is 14.5. The number of nitrogens with one attached hydrogen (secondary N) is 1. The molecule has 0 saturated carbocycles. The molecule has 1 heterocycles. The zero-order valence-corrected chi connectivity index (χ0v) is 11.1. The van der Waals surface area contributed by atoms with Crippen molar-refractivity contribution < 1.29 is 23.2 Å². The molecular formula is C10H13N3O6S. The number of hydrogen-bond donors (Lipinski definition) is 3. The van der Waals surface area contributed by atoms with E-state index in [0.29, 0.717) is 6.42 Å². The summed E-state index contributed by atoms with van der Waals surface area (Å²) >= 11 is 0. The van der Waals surface area contributed by atoms with E-state index in [9.17, 15) is 18.5 Å². The van der Waals surface area contributed by atoms with Gasteiger partial charge in [0.25, 0.3) is 5.69 Å². The van der Waals surface area contributed by atoms with Gasteiger partial charge in [-0.1, -0.05) is 0 Å². The third kappa shape index (κ3) is 2.81. The minimum atomic E-state index is -4.07. The molecule has 110 valence electrons. The Balaban J connectivity index is 2.52. The number of nitro groups is 1. The lowest BCUT2D eigenvalue weighted by Gasteiger charge is -2.27. The van der Waals surface area contributed by atoms with Gasteiger partial charge in [0, 0.05) is 18.7 Å². The van der Waals surface area contributed by atoms with Gasteiger partial charge in [0.15, 0.2) is 11.4 Å². The largest absolute Gasteiger partial charge is 0.489 e. The summed E-state index contributed by atoms with van der Waals surface area (Å²) < 4.78 is 27.9. The normalized spacial score (nSPS) is 17.8. The van der Waals surface area contributed by atoms with E-state index in [1.54, 1.807) is 0 Å². The van der Waals surface area contributed by atoms with Crippen LogP contribution in [-0.2, 0) is 10.0 Å². The highest BCUT2D eigenvalue weighted by atomic mass is 32.2. The van der Waals surface area contributed by atoms with E-state index in [1.807, 2.05) is 0 Å². The van der Waals surface area contributed by atoms with Crippen molar-refractivity contribution in [2.24, 2.45) is 5.14 Å². The number of rotatable bonds is 4. The van der Waals surface area contributed by atoms with Crippen LogP contribution in [0.15, 0.2) is 17.0 Å². The lowest BCUT2D eigenvalue weighted by Crippen LogP contribution is -2.32. The number of sulfonamides is 1. The maximum absolute atomic E-state index is 11.3. The van der Waals surface area contributed by atoms with E-state index in [4.69, 9.17) is 15.0 Å². The Labute approximate surface area is 114 Å². The summed E-state index contributed by atoms with van der Waals surface area (Å²) in [6.07, 6.45) is 0.355. The number of nitro benzene ring substituents is 1. The number of hydrogen-bond acceptors (Lipinski definition) is 7. The van der Waals surface area contributed by atoms with Crippen LogP contribution in [0.3, 0.4) is 0 Å². The molecule has 0 unspecified atom stereocenters. The van der Waals surface area contributed by atoms with Crippen molar-refractivity contribution >= 4 is 21.4 Å². The van der Waals surface area contributed by atoms with E-state index in [1.165, 1.54) is 0 Å². The lowest BCUT2D eigenvalue weighted by atomic mass is 10.1. The highest BCUT2D eigenvalue weighted by Crippen LogP contribution is 2.39. The summed E-state index contributed by atoms with van der Waals surface area (Å²) in [6.45, 7) is 0.0677. The summed E-state index contributed by atoms with van der Waals surface area (Å²) in [5.74, 6) is 0.0532. The number of nitrogens with zero attached hydrogens (tertiary/aromatic N) is 1. The molecule has 1 aromatic carbocycles. The number of ether oxygens (including phenoxy) is 1. The Kier molecular flexibility index (Phi) is 3.79. The molecule has 1 aliphatic heterocycles. The van der Waals surface area contributed by atoms with Gasteiger partial charge in [-0.3, -0.25) is 10.1 Å². The molecule has 9 nitrogen and oxygen atoms in total. The molecule has 0 aromatic heterocycles. The molecule has 10 heteroatoms. The summed E-state index contributed by atoms with van der Waals surface area (Å²) in [7, 11) is -4.07. The van der Waals surface area contributed by atoms with E-state index < -0.39 is 20.6 Å². The fraction of sp³-hybridized carbons (Fsp3) is 0.400. The van der Waals surface area contributed by atoms with Gasteiger partial charge in [-0.15, -0.1) is 0 Å². The molecule has 20 heavy (non-hydrogen) atoms. The third-order valence-corrected chi connectivity index (χ3v) is 3.74. The molecule has 1 atom stereocenters. The predicted molar refractivity (Wildman–Crippen MR) is 69.1 cm³/mol. The zero-order chi connectivity index (χ0) is 14.9. The van der Waals surface area contributed by atoms with E-state index in [2.05, 4.69) is 5.32 Å². The van der Waals surface area contributed by atoms with E-state index in [-0.39, 0.29) is 35.6 Å². The maximum Gasteiger partial charge on any atom is 0.297 e. The molecule has 2 rings (SSSR count). The first-order valence-electron chi connectivity index (χ1n) is 5.68. The van der Waals surface area contributed by atoms with Crippen LogP contribution in [0.25, 0.3) is 0 Å². The van der Waals surface area contributed by atoms with Crippen molar-refractivity contribution in [1.82, 2.24) is 0 Å². The molecule has 0 saturated heterocycles. The lowest BCUT2D eigenvalue weighted by molar-refractivity contribution is -0.384. The number of fused-ring (bicyclic) bond motifs is 1. The van der Waals surface area contributed by atoms with Gasteiger partial charge in [-0.2, -0.15) is 0 Å². The second-order valence-electron chi connectivity index (χ2n) is 4.28. The molecular weight excluding hydrogens is 290 g/mol. The van der Waals surface area contributed by atoms with Crippen LogP contribution in [-0.4, -0.2) is 37.7 Å². The van der Waals surface area contributed by atoms with Crippen LogP contribution in [0.1, 0.15) is 6.42 Å². The number of aliphatic hydroxyl groups is 1. The summed E-state index contributed by atoms with van der Waals surface area (Å²) in [5.41, 5.74) is -0.346. The molecule has 0 bridgehead atoms. The summed E-state index contributed by atoms with van der Waals surface area (Å²) in [4.78, 5) is 9.94. The van der Waals surface area contributed by atoms with E-state index in [0.717, 1.165) is 12.1 Å². The SMILES string of the molecule is NS(=O)(=O)c1cc2c(c([N+](=O)[O-])c1)N[C@H](CCO)CO2. The minimum Gasteiger partial charge on any atom is -0.489 e. The number of aliphatic hydroxyl groups excluding tert-OH is 1. The molecule has 1 aromatic rings. The maximum atomic E-state index is 11.3. The second-order valence-corrected chi connectivity index (χ2v) is 5.84. The molecule has 1 aliphatic rings. The Bertz CT molecular complexity index is 645. The third-order valence-electron chi connectivity index (χ3n) is 2.85. The minimum absolute atomic E-state index is 0.0532. The van der Waals surface area contributed by atoms with Crippen molar-refractivity contribution in [2.75, 3.05) is 18.5 Å². The van der Waals surface area contributed by atoms with Gasteiger partial charge in [-0.05, 0) is 6.42 Å². The van der Waals surface area contributed by atoms with Gasteiger partial charge in [0.1, 0.15) is 6.61 Å². The van der Waals surface area contributed by atoms with Gasteiger partial charge in [0.2, 0.25) is 10.0 Å². The van der Waals surface area contributed by atoms with Gasteiger partial charge in [-0.25, -0.2) is 13.6 Å². The molecule has 4 N–H and O–H groups in total. The highest BCUT2D eigenvalue weighted by Gasteiger charge is 2.29. The first-order chi connectivity index (χ1) is 9.32. The fourth-order valence-electron chi connectivity index (χ4n) is 1.89. The topological polar surface area (TPSA) is 145 Å². The molecule has 0 spiro atoms. The Morgan fingerprint density at radius 3 is 2.80 bits per heavy atom. The molecule has 0 radical (unpaired) electrons. The predicted octanol–water partition coefficient (Wildman–Crippen LogP) is -0.203. The van der Waals surface area contributed by atoms with Crippen LogP contribution < -0.4 is 15.2 Å². The fourth-order valence-corrected chi connectivity index (χ4v) is 2.44. The summed E-state index contributed by atoms with van der Waals surface area (Å²) in [6, 6.07) is 1.73. The molecule has 0 aliphatic carbocycles. The smallest absolute Gasteiger partial charge is 0.297 e. The zero-order valence-electron chi connectivity index (χ0n) is 10.3. The van der Waals surface area contributed by atoms with Crippen LogP contribution in [0, 0.1) is 10.1 Å². The van der Waals surface area contributed by atoms with Crippen LogP contribution >= 0.6 is 0 Å². The van der Waals surface area contributed by atoms with Gasteiger partial charge in [0.05, 0.1) is 15.9 Å². The Morgan fingerprint density at radius 2 is 2.25 bits per heavy atom. The van der Waals surface area contributed by atoms with Crippen molar-refractivity contribution in [3.63, 3.8) is 0 Å². The summed E-state index contributed by atoms with van der Waals surface area (Å²) in [5, 5.41) is 27.8. The van der Waals surface area contributed by atoms with Crippen molar-refractivity contribution in [3.05, 3.63) is 22.2 Å². The second kappa shape index (κ2) is 5.23. The van der Waals surface area contributed by atoms with Crippen molar-refractivity contribution in [1.29, 1.82) is 0 Å². The Hall–Kier alpha value is -1.91. The van der Waals surface area contributed by atoms with Gasteiger partial charge >= 0.3 is 0 Å². The van der Waals surface area contributed by atoms with Crippen molar-refractivity contribution in [2.45, 2.75) is 17.4 Å². The monoisotopic (exact) mass is 303 g/mol. The van der Waals surface area contributed by atoms with Crippen LogP contribution in [0.2, 0.25) is 0 Å². The van der Waals surface area contributed by atoms with Crippen LogP contribution in [0.5, 0.6) is 5.75 Å². The average molecular weight is 303 g/mol. The number of primary sulfonamides is 1. The highest BCUT2D eigenvalue weighted by molar-refractivity contribution is 7.89. The molecule has 0 fully saturated rings. The van der Waals surface area contributed by atoms with Gasteiger partial charge < -0.3 is 15.2 Å².